The molecule has 1 heterocycles. The number of sulfonamides is 1. The summed E-state index contributed by atoms with van der Waals surface area (Å²) in [5.41, 5.74) is 3.38. The zero-order chi connectivity index (χ0) is 21.0. The molecule has 29 heavy (non-hydrogen) atoms. The van der Waals surface area contributed by atoms with Crippen LogP contribution in [0.4, 0.5) is 0 Å². The lowest BCUT2D eigenvalue weighted by Gasteiger charge is -2.18. The summed E-state index contributed by atoms with van der Waals surface area (Å²) < 4.78 is 29.7. The molecule has 0 aliphatic rings. The normalized spacial score (nSPS) is 12.7. The number of benzene rings is 2. The molecule has 7 heteroatoms. The predicted octanol–water partition coefficient (Wildman–Crippen LogP) is 3.43. The van der Waals surface area contributed by atoms with Crippen LogP contribution in [-0.2, 0) is 16.4 Å². The van der Waals surface area contributed by atoms with Gasteiger partial charge in [0, 0.05) is 5.69 Å². The van der Waals surface area contributed by atoms with Gasteiger partial charge in [-0.2, -0.15) is 9.82 Å². The van der Waals surface area contributed by atoms with E-state index in [1.807, 2.05) is 37.3 Å². The molecule has 2 aromatic carbocycles. The fourth-order valence-corrected chi connectivity index (χ4v) is 4.38. The molecule has 0 saturated carbocycles. The lowest BCUT2D eigenvalue weighted by molar-refractivity contribution is 0.0847. The topological polar surface area (TPSA) is 81.1 Å². The molecule has 0 aliphatic carbocycles. The molecule has 0 bridgehead atoms. The Balaban J connectivity index is 1.88. The van der Waals surface area contributed by atoms with Gasteiger partial charge in [0.2, 0.25) is 10.0 Å². The van der Waals surface area contributed by atoms with E-state index in [2.05, 4.69) is 9.82 Å². The van der Waals surface area contributed by atoms with Gasteiger partial charge in [-0.05, 0) is 57.4 Å². The molecule has 0 spiro atoms. The number of carbonyl (C=O) groups is 1. The van der Waals surface area contributed by atoms with Gasteiger partial charge in [-0.3, -0.25) is 4.79 Å². The fraction of sp³-hybridized carbons (Fsp3) is 0.273. The number of carbonyl (C=O) groups excluding carboxylic acids is 1. The van der Waals surface area contributed by atoms with E-state index in [4.69, 9.17) is 0 Å². The van der Waals surface area contributed by atoms with Crippen LogP contribution < -0.4 is 4.72 Å². The van der Waals surface area contributed by atoms with Gasteiger partial charge < -0.3 is 0 Å². The molecule has 0 amide bonds. The third kappa shape index (κ3) is 5.19. The molecule has 0 radical (unpaired) electrons. The molecular weight excluding hydrogens is 386 g/mol. The first-order valence-corrected chi connectivity index (χ1v) is 10.9. The van der Waals surface area contributed by atoms with Crippen LogP contribution in [0.1, 0.15) is 33.7 Å². The molecule has 0 fully saturated rings. The molecule has 1 unspecified atom stereocenters. The van der Waals surface area contributed by atoms with Gasteiger partial charge in [-0.25, -0.2) is 13.1 Å². The van der Waals surface area contributed by atoms with Crippen molar-refractivity contribution in [2.45, 2.75) is 44.6 Å². The number of aryl methyl sites for hydroxylation is 4. The van der Waals surface area contributed by atoms with Crippen molar-refractivity contribution in [1.29, 1.82) is 0 Å². The Kier molecular flexibility index (Phi) is 6.30. The second-order valence-corrected chi connectivity index (χ2v) is 8.90. The number of rotatable bonds is 7. The summed E-state index contributed by atoms with van der Waals surface area (Å²) in [4.78, 5) is 13.3. The molecule has 0 aliphatic heterocycles. The standard InChI is InChI=1S/C22H25N3O3S/c1-16-9-12-20(13-10-16)29(27,28)24-21(14-11-19-7-5-4-6-8-19)22(26)25-18(3)15-17(2)23-25/h4-10,12-13,15,21,24H,11,14H2,1-3H3. The molecule has 0 saturated heterocycles. The van der Waals surface area contributed by atoms with E-state index < -0.39 is 16.1 Å². The Hall–Kier alpha value is -2.77. The first-order chi connectivity index (χ1) is 13.8. The minimum atomic E-state index is -3.85. The average Bonchev–Trinajstić information content (AvgIpc) is 3.03. The van der Waals surface area contributed by atoms with Gasteiger partial charge in [0.15, 0.2) is 0 Å². The van der Waals surface area contributed by atoms with Crippen LogP contribution in [0.2, 0.25) is 0 Å². The first kappa shape index (κ1) is 21.0. The molecule has 3 aromatic rings. The second-order valence-electron chi connectivity index (χ2n) is 7.19. The SMILES string of the molecule is Cc1ccc(S(=O)(=O)NC(CCc2ccccc2)C(=O)n2nc(C)cc2C)cc1. The van der Waals surface area contributed by atoms with E-state index in [0.717, 1.165) is 11.1 Å². The maximum Gasteiger partial charge on any atom is 0.265 e. The molecule has 152 valence electrons. The van der Waals surface area contributed by atoms with E-state index in [1.54, 1.807) is 44.2 Å². The van der Waals surface area contributed by atoms with Crippen LogP contribution >= 0.6 is 0 Å². The Bertz CT molecular complexity index is 1090. The summed E-state index contributed by atoms with van der Waals surface area (Å²) in [5, 5.41) is 4.23. The van der Waals surface area contributed by atoms with Crippen LogP contribution in [0.3, 0.4) is 0 Å². The van der Waals surface area contributed by atoms with Crippen molar-refractivity contribution in [1.82, 2.24) is 14.5 Å². The number of aromatic nitrogens is 2. The molecule has 1 atom stereocenters. The van der Waals surface area contributed by atoms with Gasteiger partial charge >= 0.3 is 0 Å². The predicted molar refractivity (Wildman–Crippen MR) is 112 cm³/mol. The Morgan fingerprint density at radius 1 is 1.03 bits per heavy atom. The summed E-state index contributed by atoms with van der Waals surface area (Å²) >= 11 is 0. The third-order valence-corrected chi connectivity index (χ3v) is 6.20. The number of nitrogens with zero attached hydrogens (tertiary/aromatic N) is 2. The highest BCUT2D eigenvalue weighted by molar-refractivity contribution is 7.89. The van der Waals surface area contributed by atoms with E-state index in [9.17, 15) is 13.2 Å². The molecule has 6 nitrogen and oxygen atoms in total. The number of nitrogens with one attached hydrogen (secondary N) is 1. The van der Waals surface area contributed by atoms with Crippen molar-refractivity contribution in [3.8, 4) is 0 Å². The van der Waals surface area contributed by atoms with Crippen molar-refractivity contribution in [2.75, 3.05) is 0 Å². The van der Waals surface area contributed by atoms with Crippen LogP contribution in [-0.4, -0.2) is 30.1 Å². The van der Waals surface area contributed by atoms with E-state index in [1.165, 1.54) is 4.68 Å². The van der Waals surface area contributed by atoms with Gasteiger partial charge in [-0.15, -0.1) is 0 Å². The molecular formula is C22H25N3O3S. The summed E-state index contributed by atoms with van der Waals surface area (Å²) in [6.07, 6.45) is 0.888. The summed E-state index contributed by atoms with van der Waals surface area (Å²) in [6.45, 7) is 5.46. The van der Waals surface area contributed by atoms with Gasteiger partial charge in [0.05, 0.1) is 10.6 Å². The highest BCUT2D eigenvalue weighted by Crippen LogP contribution is 2.15. The Labute approximate surface area is 171 Å². The molecule has 3 rings (SSSR count). The first-order valence-electron chi connectivity index (χ1n) is 9.47. The largest absolute Gasteiger partial charge is 0.271 e. The highest BCUT2D eigenvalue weighted by atomic mass is 32.2. The van der Waals surface area contributed by atoms with Crippen LogP contribution in [0.5, 0.6) is 0 Å². The van der Waals surface area contributed by atoms with E-state index >= 15 is 0 Å². The fourth-order valence-electron chi connectivity index (χ4n) is 3.16. The summed E-state index contributed by atoms with van der Waals surface area (Å²) in [7, 11) is -3.85. The lowest BCUT2D eigenvalue weighted by atomic mass is 10.1. The van der Waals surface area contributed by atoms with Crippen LogP contribution in [0.15, 0.2) is 65.6 Å². The zero-order valence-electron chi connectivity index (χ0n) is 16.8. The zero-order valence-corrected chi connectivity index (χ0v) is 17.6. The summed E-state index contributed by atoms with van der Waals surface area (Å²) in [5.74, 6) is -0.387. The Morgan fingerprint density at radius 3 is 2.28 bits per heavy atom. The van der Waals surface area contributed by atoms with Crippen molar-refractivity contribution < 1.29 is 13.2 Å². The maximum absolute atomic E-state index is 13.1. The van der Waals surface area contributed by atoms with Gasteiger partial charge in [-0.1, -0.05) is 48.0 Å². The lowest BCUT2D eigenvalue weighted by Crippen LogP contribution is -2.44. The highest BCUT2D eigenvalue weighted by Gasteiger charge is 2.28. The molecule has 1 N–H and O–H groups in total. The van der Waals surface area contributed by atoms with Crippen molar-refractivity contribution in [3.05, 3.63) is 83.2 Å². The second kappa shape index (κ2) is 8.71. The summed E-state index contributed by atoms with van der Waals surface area (Å²) in [6, 6.07) is 17.1. The quantitative estimate of drug-likeness (QED) is 0.646. The van der Waals surface area contributed by atoms with Crippen molar-refractivity contribution >= 4 is 15.9 Å². The minimum Gasteiger partial charge on any atom is -0.271 e. The van der Waals surface area contributed by atoms with Crippen LogP contribution in [0, 0.1) is 20.8 Å². The number of hydrogen-bond acceptors (Lipinski definition) is 4. The Morgan fingerprint density at radius 2 is 1.69 bits per heavy atom. The number of hydrogen-bond donors (Lipinski definition) is 1. The van der Waals surface area contributed by atoms with Crippen molar-refractivity contribution in [3.63, 3.8) is 0 Å². The third-order valence-electron chi connectivity index (χ3n) is 4.71. The smallest absolute Gasteiger partial charge is 0.265 e. The van der Waals surface area contributed by atoms with Gasteiger partial charge in [0.1, 0.15) is 6.04 Å². The molecule has 1 aromatic heterocycles. The van der Waals surface area contributed by atoms with Crippen LogP contribution in [0.25, 0.3) is 0 Å². The van der Waals surface area contributed by atoms with Crippen molar-refractivity contribution in [2.24, 2.45) is 0 Å². The monoisotopic (exact) mass is 411 g/mol. The van der Waals surface area contributed by atoms with E-state index in [0.29, 0.717) is 24.2 Å². The van der Waals surface area contributed by atoms with E-state index in [-0.39, 0.29) is 10.8 Å². The van der Waals surface area contributed by atoms with Gasteiger partial charge in [0.25, 0.3) is 5.91 Å². The maximum atomic E-state index is 13.1. The average molecular weight is 412 g/mol. The minimum absolute atomic E-state index is 0.133.